The van der Waals surface area contributed by atoms with Crippen LogP contribution in [-0.4, -0.2) is 13.4 Å². The molecule has 0 N–H and O–H groups in total. The summed E-state index contributed by atoms with van der Waals surface area (Å²) in [5.41, 5.74) is 15.7. The second kappa shape index (κ2) is 9.69. The average Bonchev–Trinajstić information content (AvgIpc) is 3.05. The van der Waals surface area contributed by atoms with Crippen LogP contribution < -0.4 is 51.9 Å². The summed E-state index contributed by atoms with van der Waals surface area (Å²) in [5, 5.41) is 0. The highest BCUT2D eigenvalue weighted by Gasteiger charge is 2.54. The van der Waals surface area contributed by atoms with Gasteiger partial charge in [-0.2, -0.15) is 0 Å². The molecule has 260 valence electrons. The van der Waals surface area contributed by atoms with Gasteiger partial charge < -0.3 is 19.1 Å². The highest BCUT2D eigenvalue weighted by atomic mass is 16.5. The maximum absolute atomic E-state index is 7.28. The van der Waals surface area contributed by atoms with Gasteiger partial charge in [0.2, 0.25) is 0 Å². The maximum Gasteiger partial charge on any atom is 0.256 e. The summed E-state index contributed by atoms with van der Waals surface area (Å²) in [6.45, 7) is 27.6. The number of para-hydroxylation sites is 2. The van der Waals surface area contributed by atoms with Crippen LogP contribution in [0.1, 0.15) is 105 Å². The molecule has 6 heteroatoms. The van der Waals surface area contributed by atoms with Crippen molar-refractivity contribution in [1.82, 2.24) is 0 Å². The minimum absolute atomic E-state index is 0.0304. The number of hydrogen-bond acceptors (Lipinski definition) is 4. The van der Waals surface area contributed by atoms with E-state index in [0.717, 1.165) is 45.9 Å². The van der Waals surface area contributed by atoms with E-state index >= 15 is 0 Å². The number of fused-ring (bicyclic) bond motifs is 6. The number of nitrogens with zero attached hydrogens (tertiary/aromatic N) is 1. The van der Waals surface area contributed by atoms with E-state index < -0.39 is 0 Å². The smallest absolute Gasteiger partial charge is 0.256 e. The van der Waals surface area contributed by atoms with Crippen molar-refractivity contribution in [3.8, 4) is 34.5 Å². The van der Waals surface area contributed by atoms with Crippen LogP contribution >= 0.6 is 0 Å². The Bertz CT molecular complexity index is 2290. The van der Waals surface area contributed by atoms with Gasteiger partial charge in [-0.05, 0) is 88.8 Å². The Balaban J connectivity index is 1.35. The normalized spacial score (nSPS) is 15.7. The van der Waals surface area contributed by atoms with Gasteiger partial charge in [-0.3, -0.25) is 0 Å². The van der Waals surface area contributed by atoms with Crippen LogP contribution in [0.3, 0.4) is 0 Å². The molecule has 5 aliphatic heterocycles. The van der Waals surface area contributed by atoms with E-state index in [1.54, 1.807) is 0 Å². The van der Waals surface area contributed by atoms with Crippen molar-refractivity contribution in [3.05, 3.63) is 89.0 Å². The summed E-state index contributed by atoms with van der Waals surface area (Å²) in [4.78, 5) is 2.50. The maximum atomic E-state index is 7.28. The van der Waals surface area contributed by atoms with Gasteiger partial charge >= 0.3 is 0 Å². The predicted octanol–water partition coefficient (Wildman–Crippen LogP) is 8.32. The Morgan fingerprint density at radius 1 is 0.423 bits per heavy atom. The zero-order valence-corrected chi connectivity index (χ0v) is 32.7. The Morgan fingerprint density at radius 2 is 0.846 bits per heavy atom. The number of rotatable bonds is 0. The first-order valence-electron chi connectivity index (χ1n) is 19.0. The fourth-order valence-electron chi connectivity index (χ4n) is 9.38. The monoisotopic (exact) mass is 683 g/mol. The molecule has 5 aliphatic rings. The average molecular weight is 684 g/mol. The molecule has 0 aliphatic carbocycles. The minimum atomic E-state index is -0.133. The van der Waals surface area contributed by atoms with Gasteiger partial charge in [-0.1, -0.05) is 132 Å². The second-order valence-electron chi connectivity index (χ2n) is 19.8. The molecule has 0 unspecified atom stereocenters. The lowest BCUT2D eigenvalue weighted by Crippen LogP contribution is -2.67. The molecule has 0 bridgehead atoms. The molecule has 0 aromatic heterocycles. The van der Waals surface area contributed by atoms with Crippen LogP contribution in [0.4, 0.5) is 17.1 Å². The molecule has 5 aromatic carbocycles. The predicted molar refractivity (Wildman–Crippen MR) is 218 cm³/mol. The van der Waals surface area contributed by atoms with Gasteiger partial charge in [0.05, 0.1) is 11.4 Å². The first kappa shape index (κ1) is 32.1. The van der Waals surface area contributed by atoms with Crippen molar-refractivity contribution in [1.29, 1.82) is 0 Å². The lowest BCUT2D eigenvalue weighted by Gasteiger charge is -2.49. The van der Waals surface area contributed by atoms with E-state index in [-0.39, 0.29) is 35.1 Å². The standard InChI is InChI=1S/C46H47B2NO3/c1-43(2,3)24-19-26(45(7,8)9)41-30(21-24)47-28-15-13-17-32-38(28)49-39-29(16-14-18-33(39)50-32)48-31-22-25(44(4,5)6)20-27(46(10,11)12)42(31)52-35-23-34(51-41)36(47)40(49)37(35)48/h13-23H,1-12H3. The number of anilines is 3. The highest BCUT2D eigenvalue weighted by Crippen LogP contribution is 2.55. The largest absolute Gasteiger partial charge is 0.458 e. The molecule has 0 fully saturated rings. The van der Waals surface area contributed by atoms with Crippen LogP contribution in [0.5, 0.6) is 34.5 Å². The zero-order valence-electron chi connectivity index (χ0n) is 32.7. The molecule has 0 amide bonds. The third kappa shape index (κ3) is 4.13. The van der Waals surface area contributed by atoms with Crippen molar-refractivity contribution < 1.29 is 14.2 Å². The molecule has 5 aromatic rings. The van der Waals surface area contributed by atoms with Crippen LogP contribution in [0.25, 0.3) is 0 Å². The number of hydrogen-bond donors (Lipinski definition) is 0. The summed E-state index contributed by atoms with van der Waals surface area (Å²) in [6.07, 6.45) is 0. The second-order valence-corrected chi connectivity index (χ2v) is 19.8. The summed E-state index contributed by atoms with van der Waals surface area (Å²) in [5.74, 6) is 5.50. The number of benzene rings is 5. The van der Waals surface area contributed by atoms with Gasteiger partial charge in [0.25, 0.3) is 13.4 Å². The van der Waals surface area contributed by atoms with E-state index in [1.165, 1.54) is 60.7 Å². The molecular weight excluding hydrogens is 636 g/mol. The molecule has 0 radical (unpaired) electrons. The van der Waals surface area contributed by atoms with E-state index in [1.807, 2.05) is 0 Å². The topological polar surface area (TPSA) is 30.9 Å². The summed E-state index contributed by atoms with van der Waals surface area (Å²) < 4.78 is 21.5. The lowest BCUT2D eigenvalue weighted by atomic mass is 9.29. The van der Waals surface area contributed by atoms with Crippen molar-refractivity contribution in [2.75, 3.05) is 4.90 Å². The SMILES string of the molecule is CC(C)(C)c1cc2c(c(C(C)(C)C)c1)Oc1cc3c4c5c1B2c1cccc2c1N5c1c(cccc1B4c1cc(C(C)(C)C)cc(C(C)(C)C)c1O3)O2. The van der Waals surface area contributed by atoms with Crippen molar-refractivity contribution in [3.63, 3.8) is 0 Å². The fourth-order valence-corrected chi connectivity index (χ4v) is 9.38. The summed E-state index contributed by atoms with van der Waals surface area (Å²) in [6, 6.07) is 25.1. The van der Waals surface area contributed by atoms with Crippen LogP contribution in [0, 0.1) is 0 Å². The number of ether oxygens (including phenoxy) is 3. The Kier molecular flexibility index (Phi) is 5.99. The molecule has 4 nitrogen and oxygen atoms in total. The van der Waals surface area contributed by atoms with Crippen molar-refractivity contribution >= 4 is 63.3 Å². The third-order valence-electron chi connectivity index (χ3n) is 12.1. The molecule has 52 heavy (non-hydrogen) atoms. The molecule has 5 heterocycles. The van der Waals surface area contributed by atoms with Gasteiger partial charge in [-0.25, -0.2) is 0 Å². The van der Waals surface area contributed by atoms with E-state index in [2.05, 4.69) is 155 Å². The van der Waals surface area contributed by atoms with E-state index in [4.69, 9.17) is 14.2 Å². The van der Waals surface area contributed by atoms with Crippen LogP contribution in [-0.2, 0) is 21.7 Å². The fraction of sp³-hybridized carbons (Fsp3) is 0.348. The first-order chi connectivity index (χ1) is 24.3. The van der Waals surface area contributed by atoms with Gasteiger partial charge in [0, 0.05) is 11.8 Å². The third-order valence-corrected chi connectivity index (χ3v) is 12.1. The Hall–Kier alpha value is -4.57. The van der Waals surface area contributed by atoms with E-state index in [9.17, 15) is 0 Å². The lowest BCUT2D eigenvalue weighted by molar-refractivity contribution is 0.440. The zero-order chi connectivity index (χ0) is 36.6. The molecule has 10 rings (SSSR count). The van der Waals surface area contributed by atoms with Gasteiger partial charge in [0.15, 0.2) is 11.5 Å². The van der Waals surface area contributed by atoms with Gasteiger partial charge in [-0.15, -0.1) is 0 Å². The van der Waals surface area contributed by atoms with Gasteiger partial charge in [0.1, 0.15) is 23.0 Å². The van der Waals surface area contributed by atoms with Crippen LogP contribution in [0.15, 0.2) is 66.7 Å². The minimum Gasteiger partial charge on any atom is -0.458 e. The quantitative estimate of drug-likeness (QED) is 0.151. The summed E-state index contributed by atoms with van der Waals surface area (Å²) >= 11 is 0. The van der Waals surface area contributed by atoms with E-state index in [0.29, 0.717) is 0 Å². The van der Waals surface area contributed by atoms with Crippen molar-refractivity contribution in [2.24, 2.45) is 0 Å². The highest BCUT2D eigenvalue weighted by molar-refractivity contribution is 7.03. The molecule has 0 saturated carbocycles. The Morgan fingerprint density at radius 3 is 1.23 bits per heavy atom. The molecule has 0 saturated heterocycles. The van der Waals surface area contributed by atoms with Crippen LogP contribution in [0.2, 0.25) is 0 Å². The Labute approximate surface area is 309 Å². The van der Waals surface area contributed by atoms with Crippen molar-refractivity contribution in [2.45, 2.75) is 105 Å². The first-order valence-corrected chi connectivity index (χ1v) is 19.0. The molecular formula is C46H47B2NO3. The molecule has 0 spiro atoms. The molecule has 0 atom stereocenters. The summed E-state index contributed by atoms with van der Waals surface area (Å²) in [7, 11) is 0.